The SMILES string of the molecule is O=C(O)c1ccc(OCCc2c(CCNS(=O)(=O)CCn3ccnn3)n(C(c3ccccc3)c3ccccc3)c3ccc(Cl)cc23)cc1. The van der Waals surface area contributed by atoms with E-state index >= 15 is 0 Å². The first-order valence-electron chi connectivity index (χ1n) is 15.5. The van der Waals surface area contributed by atoms with Gasteiger partial charge in [0.1, 0.15) is 5.75 Å². The minimum atomic E-state index is -3.61. The highest BCUT2D eigenvalue weighted by Crippen LogP contribution is 2.37. The van der Waals surface area contributed by atoms with Crippen LogP contribution in [0.4, 0.5) is 0 Å². The van der Waals surface area contributed by atoms with Crippen molar-refractivity contribution in [2.24, 2.45) is 0 Å². The standard InChI is InChI=1S/C36H34ClN5O5S/c37-29-13-16-33-32(25-29)31(18-23-47-30-14-11-28(12-15-30)36(43)44)34(17-19-39-48(45,46)24-22-41-21-20-38-40-41)42(33)35(26-7-3-1-4-8-26)27-9-5-2-6-10-27/h1-16,20-21,25,35,39H,17-19,22-24H2,(H,43,44). The molecule has 6 aromatic rings. The van der Waals surface area contributed by atoms with Crippen LogP contribution in [0, 0.1) is 0 Å². The number of nitrogens with zero attached hydrogens (tertiary/aromatic N) is 4. The quantitative estimate of drug-likeness (QED) is 0.136. The zero-order chi connectivity index (χ0) is 33.5. The van der Waals surface area contributed by atoms with Crippen LogP contribution in [-0.2, 0) is 29.4 Å². The molecule has 12 heteroatoms. The monoisotopic (exact) mass is 683 g/mol. The fourth-order valence-electron chi connectivity index (χ4n) is 5.94. The van der Waals surface area contributed by atoms with Gasteiger partial charge in [-0.3, -0.25) is 4.68 Å². The number of hydrogen-bond acceptors (Lipinski definition) is 6. The highest BCUT2D eigenvalue weighted by atomic mass is 35.5. The molecular weight excluding hydrogens is 650 g/mol. The number of nitrogens with one attached hydrogen (secondary N) is 1. The molecule has 0 unspecified atom stereocenters. The van der Waals surface area contributed by atoms with Crippen molar-refractivity contribution in [1.29, 1.82) is 0 Å². The zero-order valence-electron chi connectivity index (χ0n) is 25.9. The Morgan fingerprint density at radius 3 is 2.23 bits per heavy atom. The maximum absolute atomic E-state index is 13.0. The number of carboxylic acids is 1. The van der Waals surface area contributed by atoms with E-state index in [1.54, 1.807) is 18.3 Å². The molecular formula is C36H34ClN5O5S. The van der Waals surface area contributed by atoms with Crippen molar-refractivity contribution in [2.75, 3.05) is 18.9 Å². The molecule has 0 saturated heterocycles. The fraction of sp³-hybridized carbons (Fsp3) is 0.194. The third-order valence-electron chi connectivity index (χ3n) is 8.14. The smallest absolute Gasteiger partial charge is 0.335 e. The van der Waals surface area contributed by atoms with Gasteiger partial charge in [0.2, 0.25) is 10.0 Å². The number of benzene rings is 4. The summed E-state index contributed by atoms with van der Waals surface area (Å²) in [5.74, 6) is -0.585. The average molecular weight is 684 g/mol. The van der Waals surface area contributed by atoms with Crippen LogP contribution < -0.4 is 9.46 Å². The zero-order valence-corrected chi connectivity index (χ0v) is 27.5. The van der Waals surface area contributed by atoms with E-state index in [9.17, 15) is 18.3 Å². The molecule has 0 saturated carbocycles. The Hall–Kier alpha value is -4.97. The Morgan fingerprint density at radius 2 is 1.60 bits per heavy atom. The van der Waals surface area contributed by atoms with E-state index in [1.165, 1.54) is 23.0 Å². The van der Waals surface area contributed by atoms with Gasteiger partial charge in [0.25, 0.3) is 0 Å². The Balaban J connectivity index is 1.38. The molecule has 2 N–H and O–H groups in total. The van der Waals surface area contributed by atoms with Crippen LogP contribution in [0.1, 0.15) is 38.8 Å². The topological polar surface area (TPSA) is 128 Å². The molecule has 10 nitrogen and oxygen atoms in total. The predicted molar refractivity (Wildman–Crippen MR) is 185 cm³/mol. The number of rotatable bonds is 15. The number of fused-ring (bicyclic) bond motifs is 1. The first-order valence-corrected chi connectivity index (χ1v) is 17.5. The molecule has 48 heavy (non-hydrogen) atoms. The van der Waals surface area contributed by atoms with Crippen molar-refractivity contribution in [1.82, 2.24) is 24.3 Å². The van der Waals surface area contributed by atoms with Crippen molar-refractivity contribution in [3.05, 3.63) is 148 Å². The summed E-state index contributed by atoms with van der Waals surface area (Å²) in [6.07, 6.45) is 4.03. The maximum Gasteiger partial charge on any atom is 0.335 e. The summed E-state index contributed by atoms with van der Waals surface area (Å²) in [6, 6.07) is 32.3. The molecule has 0 fully saturated rings. The molecule has 0 spiro atoms. The number of carboxylic acid groups (broad SMARTS) is 1. The lowest BCUT2D eigenvalue weighted by Crippen LogP contribution is -2.31. The van der Waals surface area contributed by atoms with Gasteiger partial charge in [-0.25, -0.2) is 17.9 Å². The lowest BCUT2D eigenvalue weighted by molar-refractivity contribution is 0.0697. The van der Waals surface area contributed by atoms with E-state index in [0.717, 1.165) is 33.3 Å². The second-order valence-electron chi connectivity index (χ2n) is 11.2. The number of ether oxygens (including phenoxy) is 1. The number of carbonyl (C=O) groups is 1. The minimum Gasteiger partial charge on any atom is -0.493 e. The average Bonchev–Trinajstić information content (AvgIpc) is 3.72. The molecule has 0 bridgehead atoms. The van der Waals surface area contributed by atoms with Crippen LogP contribution in [0.15, 0.2) is 116 Å². The van der Waals surface area contributed by atoms with Crippen LogP contribution in [0.3, 0.4) is 0 Å². The highest BCUT2D eigenvalue weighted by molar-refractivity contribution is 7.89. The number of hydrogen-bond donors (Lipinski definition) is 2. The van der Waals surface area contributed by atoms with Crippen molar-refractivity contribution in [3.8, 4) is 5.75 Å². The van der Waals surface area contributed by atoms with Crippen molar-refractivity contribution in [3.63, 3.8) is 0 Å². The van der Waals surface area contributed by atoms with Gasteiger partial charge in [0.15, 0.2) is 0 Å². The van der Waals surface area contributed by atoms with E-state index in [1.807, 2.05) is 54.6 Å². The number of halogens is 1. The lowest BCUT2D eigenvalue weighted by atomic mass is 9.97. The van der Waals surface area contributed by atoms with Gasteiger partial charge in [-0.05, 0) is 59.2 Å². The van der Waals surface area contributed by atoms with Crippen LogP contribution in [0.2, 0.25) is 5.02 Å². The molecule has 2 heterocycles. The van der Waals surface area contributed by atoms with Gasteiger partial charge >= 0.3 is 5.97 Å². The Kier molecular flexibility index (Phi) is 10.2. The van der Waals surface area contributed by atoms with E-state index in [0.29, 0.717) is 30.2 Å². The van der Waals surface area contributed by atoms with E-state index < -0.39 is 16.0 Å². The second kappa shape index (κ2) is 14.8. The van der Waals surface area contributed by atoms with E-state index in [2.05, 4.69) is 43.9 Å². The van der Waals surface area contributed by atoms with Crippen molar-refractivity contribution in [2.45, 2.75) is 25.4 Å². The largest absolute Gasteiger partial charge is 0.493 e. The third kappa shape index (κ3) is 7.76. The molecule has 0 atom stereocenters. The van der Waals surface area contributed by atoms with E-state index in [-0.39, 0.29) is 30.4 Å². The summed E-state index contributed by atoms with van der Waals surface area (Å²) in [7, 11) is -3.61. The predicted octanol–water partition coefficient (Wildman–Crippen LogP) is 6.01. The van der Waals surface area contributed by atoms with Crippen molar-refractivity contribution >= 4 is 38.5 Å². The second-order valence-corrected chi connectivity index (χ2v) is 13.6. The summed E-state index contributed by atoms with van der Waals surface area (Å²) in [5.41, 5.74) is 5.24. The summed E-state index contributed by atoms with van der Waals surface area (Å²) >= 11 is 6.59. The third-order valence-corrected chi connectivity index (χ3v) is 9.74. The molecule has 0 aliphatic heterocycles. The van der Waals surface area contributed by atoms with Crippen LogP contribution in [0.25, 0.3) is 10.9 Å². The number of aromatic carboxylic acids is 1. The maximum atomic E-state index is 13.0. The molecule has 246 valence electrons. The number of sulfonamides is 1. The van der Waals surface area contributed by atoms with Gasteiger partial charge in [-0.2, -0.15) is 0 Å². The van der Waals surface area contributed by atoms with Gasteiger partial charge < -0.3 is 14.4 Å². The van der Waals surface area contributed by atoms with Crippen molar-refractivity contribution < 1.29 is 23.1 Å². The minimum absolute atomic E-state index is 0.132. The summed E-state index contributed by atoms with van der Waals surface area (Å²) in [4.78, 5) is 11.3. The molecule has 2 aromatic heterocycles. The first-order chi connectivity index (χ1) is 23.3. The van der Waals surface area contributed by atoms with Crippen LogP contribution >= 0.6 is 11.6 Å². The normalized spacial score (nSPS) is 11.7. The summed E-state index contributed by atoms with van der Waals surface area (Å²) in [6.45, 7) is 0.661. The molecule has 0 radical (unpaired) electrons. The first kappa shape index (κ1) is 33.0. The van der Waals surface area contributed by atoms with Crippen LogP contribution in [0.5, 0.6) is 5.75 Å². The fourth-order valence-corrected chi connectivity index (χ4v) is 7.10. The summed E-state index contributed by atoms with van der Waals surface area (Å²) < 4.78 is 38.7. The Labute approximate surface area is 283 Å². The molecule has 0 aliphatic carbocycles. The molecule has 0 aliphatic rings. The lowest BCUT2D eigenvalue weighted by Gasteiger charge is -2.25. The summed E-state index contributed by atoms with van der Waals surface area (Å²) in [5, 5.41) is 18.4. The Bertz CT molecular complexity index is 2050. The van der Waals surface area contributed by atoms with Gasteiger partial charge in [0.05, 0.1) is 36.7 Å². The molecule has 6 rings (SSSR count). The number of aryl methyl sites for hydroxylation is 1. The number of aromatic nitrogens is 4. The molecule has 4 aromatic carbocycles. The van der Waals surface area contributed by atoms with Gasteiger partial charge in [-0.15, -0.1) is 5.10 Å². The van der Waals surface area contributed by atoms with E-state index in [4.69, 9.17) is 16.3 Å². The highest BCUT2D eigenvalue weighted by Gasteiger charge is 2.26. The molecule has 0 amide bonds. The van der Waals surface area contributed by atoms with Crippen LogP contribution in [-0.4, -0.2) is 58.0 Å². The van der Waals surface area contributed by atoms with Gasteiger partial charge in [0, 0.05) is 47.2 Å². The van der Waals surface area contributed by atoms with Gasteiger partial charge in [-0.1, -0.05) is 77.5 Å². The Morgan fingerprint density at radius 1 is 0.917 bits per heavy atom.